The largest absolute Gasteiger partial charge is 0.481 e. The second-order valence-electron chi connectivity index (χ2n) is 8.57. The molecule has 6 heteroatoms. The molecular weight excluding hydrogens is 382 g/mol. The number of carboxylic acid groups (broad SMARTS) is 1. The van der Waals surface area contributed by atoms with E-state index in [4.69, 9.17) is 20.4 Å². The number of aliphatic hydroxyl groups excluding tert-OH is 3. The normalized spacial score (nSPS) is 12.5. The molecule has 30 heavy (non-hydrogen) atoms. The third-order valence-electron chi connectivity index (χ3n) is 5.94. The van der Waals surface area contributed by atoms with Gasteiger partial charge in [0.1, 0.15) is 0 Å². The molecule has 4 N–H and O–H groups in total. The molecule has 0 aromatic heterocycles. The topological polar surface area (TPSA) is 101 Å². The van der Waals surface area contributed by atoms with Crippen LogP contribution in [0.3, 0.4) is 0 Å². The van der Waals surface area contributed by atoms with Gasteiger partial charge < -0.3 is 20.4 Å². The van der Waals surface area contributed by atoms with E-state index in [1.54, 1.807) is 0 Å². The zero-order valence-electron chi connectivity index (χ0n) is 19.3. The Labute approximate surface area is 184 Å². The minimum absolute atomic E-state index is 0.0352. The molecule has 0 amide bonds. The van der Waals surface area contributed by atoms with Crippen molar-refractivity contribution in [2.45, 2.75) is 103 Å². The van der Waals surface area contributed by atoms with E-state index >= 15 is 0 Å². The molecule has 0 rings (SSSR count). The fourth-order valence-electron chi connectivity index (χ4n) is 4.01. The lowest BCUT2D eigenvalue weighted by atomic mass is 9.97. The zero-order valence-corrected chi connectivity index (χ0v) is 19.3. The van der Waals surface area contributed by atoms with Crippen molar-refractivity contribution in [3.8, 4) is 0 Å². The first-order valence-corrected chi connectivity index (χ1v) is 12.4. The predicted octanol–water partition coefficient (Wildman–Crippen LogP) is 4.21. The predicted molar refractivity (Wildman–Crippen MR) is 123 cm³/mol. The summed E-state index contributed by atoms with van der Waals surface area (Å²) in [5, 5.41) is 35.9. The Balaban J connectivity index is 3.29. The highest BCUT2D eigenvalue weighted by atomic mass is 16.4. The molecule has 0 bridgehead atoms. The van der Waals surface area contributed by atoms with Crippen LogP contribution in [0.1, 0.15) is 103 Å². The molecule has 1 unspecified atom stereocenters. The highest BCUT2D eigenvalue weighted by Gasteiger charge is 2.15. The molecule has 180 valence electrons. The Hall–Kier alpha value is -0.690. The third-order valence-corrected chi connectivity index (χ3v) is 5.94. The van der Waals surface area contributed by atoms with Crippen molar-refractivity contribution in [2.24, 2.45) is 5.92 Å². The monoisotopic (exact) mass is 431 g/mol. The van der Waals surface area contributed by atoms with Gasteiger partial charge in [0.05, 0.1) is 19.1 Å². The Morgan fingerprint density at radius 3 is 1.30 bits per heavy atom. The van der Waals surface area contributed by atoms with E-state index in [2.05, 4.69) is 4.90 Å². The molecule has 0 aliphatic heterocycles. The van der Waals surface area contributed by atoms with Gasteiger partial charge in [-0.25, -0.2) is 0 Å². The van der Waals surface area contributed by atoms with Gasteiger partial charge in [0.2, 0.25) is 0 Å². The first-order chi connectivity index (χ1) is 14.7. The van der Waals surface area contributed by atoms with E-state index in [1.165, 1.54) is 70.6 Å². The van der Waals surface area contributed by atoms with E-state index in [-0.39, 0.29) is 25.7 Å². The molecule has 0 aliphatic carbocycles. The summed E-state index contributed by atoms with van der Waals surface area (Å²) in [6.07, 6.45) is 18.5. The molecule has 0 aromatic carbocycles. The summed E-state index contributed by atoms with van der Waals surface area (Å²) in [6.45, 7) is 2.60. The lowest BCUT2D eigenvalue weighted by molar-refractivity contribution is -0.142. The lowest BCUT2D eigenvalue weighted by Crippen LogP contribution is -2.30. The second kappa shape index (κ2) is 23.0. The van der Waals surface area contributed by atoms with E-state index in [0.717, 1.165) is 25.8 Å². The number of carboxylic acids is 1. The number of aliphatic carboxylic acids is 1. The summed E-state index contributed by atoms with van der Waals surface area (Å²) in [4.78, 5) is 13.1. The van der Waals surface area contributed by atoms with Gasteiger partial charge in [0.25, 0.3) is 0 Å². The lowest BCUT2D eigenvalue weighted by Gasteiger charge is -2.19. The van der Waals surface area contributed by atoms with Gasteiger partial charge in [-0.05, 0) is 25.8 Å². The zero-order chi connectivity index (χ0) is 22.3. The number of aliphatic hydroxyl groups is 3. The number of rotatable bonds is 24. The number of hydrogen-bond donors (Lipinski definition) is 4. The van der Waals surface area contributed by atoms with E-state index < -0.39 is 5.97 Å². The van der Waals surface area contributed by atoms with Gasteiger partial charge in [-0.15, -0.1) is 0 Å². The van der Waals surface area contributed by atoms with Gasteiger partial charge in [-0.1, -0.05) is 83.5 Å². The molecule has 0 aliphatic rings. The SMILES string of the molecule is O=C(O)C(CCO)CCCCCCCCCCCCCCCCN(CCO)CCO. The van der Waals surface area contributed by atoms with Crippen LogP contribution < -0.4 is 0 Å². The molecule has 0 fully saturated rings. The van der Waals surface area contributed by atoms with Gasteiger partial charge in [-0.3, -0.25) is 9.69 Å². The molecule has 0 saturated carbocycles. The van der Waals surface area contributed by atoms with Gasteiger partial charge >= 0.3 is 5.97 Å². The van der Waals surface area contributed by atoms with Crippen LogP contribution in [0.5, 0.6) is 0 Å². The quantitative estimate of drug-likeness (QED) is 0.171. The number of nitrogens with zero attached hydrogens (tertiary/aromatic N) is 1. The van der Waals surface area contributed by atoms with Crippen LogP contribution in [-0.2, 0) is 4.79 Å². The summed E-state index contributed by atoms with van der Waals surface area (Å²) >= 11 is 0. The molecule has 6 nitrogen and oxygen atoms in total. The fourth-order valence-corrected chi connectivity index (χ4v) is 4.01. The molecular formula is C24H49NO5. The van der Waals surface area contributed by atoms with Crippen molar-refractivity contribution in [2.75, 3.05) is 39.5 Å². The first-order valence-electron chi connectivity index (χ1n) is 12.4. The highest BCUT2D eigenvalue weighted by molar-refractivity contribution is 5.69. The van der Waals surface area contributed by atoms with Crippen LogP contribution >= 0.6 is 0 Å². The Bertz CT molecular complexity index is 362. The average molecular weight is 432 g/mol. The van der Waals surface area contributed by atoms with Crippen LogP contribution in [0, 0.1) is 5.92 Å². The van der Waals surface area contributed by atoms with Crippen LogP contribution in [0.25, 0.3) is 0 Å². The Kier molecular flexibility index (Phi) is 22.5. The van der Waals surface area contributed by atoms with Gasteiger partial charge in [-0.2, -0.15) is 0 Å². The Morgan fingerprint density at radius 1 is 0.533 bits per heavy atom. The smallest absolute Gasteiger partial charge is 0.306 e. The molecule has 0 aromatic rings. The fraction of sp³-hybridized carbons (Fsp3) is 0.958. The molecule has 0 radical (unpaired) electrons. The maximum absolute atomic E-state index is 11.0. The molecule has 0 saturated heterocycles. The van der Waals surface area contributed by atoms with Crippen molar-refractivity contribution in [3.63, 3.8) is 0 Å². The number of carbonyl (C=O) groups is 1. The van der Waals surface area contributed by atoms with Crippen molar-refractivity contribution in [1.29, 1.82) is 0 Å². The maximum Gasteiger partial charge on any atom is 0.306 e. The van der Waals surface area contributed by atoms with E-state index in [1.807, 2.05) is 0 Å². The van der Waals surface area contributed by atoms with E-state index in [9.17, 15) is 4.79 Å². The van der Waals surface area contributed by atoms with Crippen molar-refractivity contribution in [1.82, 2.24) is 4.90 Å². The summed E-state index contributed by atoms with van der Waals surface area (Å²) in [5.74, 6) is -1.14. The van der Waals surface area contributed by atoms with Crippen LogP contribution in [0.4, 0.5) is 0 Å². The average Bonchev–Trinajstić information content (AvgIpc) is 2.72. The van der Waals surface area contributed by atoms with Crippen LogP contribution in [0.2, 0.25) is 0 Å². The molecule has 0 spiro atoms. The number of hydrogen-bond acceptors (Lipinski definition) is 5. The minimum Gasteiger partial charge on any atom is -0.481 e. The number of unbranched alkanes of at least 4 members (excludes halogenated alkanes) is 13. The Morgan fingerprint density at radius 2 is 0.933 bits per heavy atom. The van der Waals surface area contributed by atoms with Crippen molar-refractivity contribution < 1.29 is 25.2 Å². The summed E-state index contributed by atoms with van der Waals surface area (Å²) in [6, 6.07) is 0. The highest BCUT2D eigenvalue weighted by Crippen LogP contribution is 2.16. The standard InChI is InChI=1S/C24H49NO5/c26-20-16-23(24(29)30)15-13-11-9-7-5-3-1-2-4-6-8-10-12-14-17-25(18-21-27)19-22-28/h23,26-28H,1-22H2,(H,29,30). The van der Waals surface area contributed by atoms with Crippen molar-refractivity contribution in [3.05, 3.63) is 0 Å². The minimum atomic E-state index is -0.771. The summed E-state index contributed by atoms with van der Waals surface area (Å²) < 4.78 is 0. The van der Waals surface area contributed by atoms with Crippen LogP contribution in [-0.4, -0.2) is 70.8 Å². The van der Waals surface area contributed by atoms with Crippen LogP contribution in [0.15, 0.2) is 0 Å². The van der Waals surface area contributed by atoms with E-state index in [0.29, 0.717) is 25.9 Å². The molecule has 0 heterocycles. The first kappa shape index (κ1) is 29.3. The molecule has 1 atom stereocenters. The van der Waals surface area contributed by atoms with Gasteiger partial charge in [0, 0.05) is 19.7 Å². The summed E-state index contributed by atoms with van der Waals surface area (Å²) in [5.41, 5.74) is 0. The summed E-state index contributed by atoms with van der Waals surface area (Å²) in [7, 11) is 0. The third kappa shape index (κ3) is 19.3. The van der Waals surface area contributed by atoms with Crippen molar-refractivity contribution >= 4 is 5.97 Å². The maximum atomic E-state index is 11.0. The second-order valence-corrected chi connectivity index (χ2v) is 8.57. The van der Waals surface area contributed by atoms with Gasteiger partial charge in [0.15, 0.2) is 0 Å².